The van der Waals surface area contributed by atoms with Crippen molar-refractivity contribution in [1.29, 1.82) is 0 Å². The highest BCUT2D eigenvalue weighted by molar-refractivity contribution is 6.32. The van der Waals surface area contributed by atoms with Gasteiger partial charge in [-0.2, -0.15) is 0 Å². The molecule has 2 saturated carbocycles. The second-order valence-corrected chi connectivity index (χ2v) is 7.01. The minimum atomic E-state index is 0.190. The van der Waals surface area contributed by atoms with Gasteiger partial charge in [0.2, 0.25) is 0 Å². The Hall–Kier alpha value is -1.21. The van der Waals surface area contributed by atoms with E-state index in [4.69, 9.17) is 11.6 Å². The van der Waals surface area contributed by atoms with Crippen molar-refractivity contribution in [2.75, 3.05) is 0 Å². The molecule has 20 heavy (non-hydrogen) atoms. The minimum absolute atomic E-state index is 0.190. The number of halogens is 1. The maximum Gasteiger partial charge on any atom is 0.134 e. The lowest BCUT2D eigenvalue weighted by Crippen LogP contribution is -2.34. The molecule has 0 heterocycles. The molecule has 2 heteroatoms. The van der Waals surface area contributed by atoms with Crippen LogP contribution in [0.4, 0.5) is 0 Å². The number of hydrogen-bond acceptors (Lipinski definition) is 1. The van der Waals surface area contributed by atoms with Crippen LogP contribution >= 0.6 is 11.6 Å². The molecule has 4 aliphatic carbocycles. The molecule has 2 unspecified atom stereocenters. The first-order valence-corrected chi connectivity index (χ1v) is 7.88. The normalized spacial score (nSPS) is 30.6. The third-order valence-electron chi connectivity index (χ3n) is 5.35. The van der Waals surface area contributed by atoms with Gasteiger partial charge in [-0.1, -0.05) is 34.9 Å². The first-order chi connectivity index (χ1) is 9.61. The van der Waals surface area contributed by atoms with Gasteiger partial charge < -0.3 is 5.11 Å². The van der Waals surface area contributed by atoms with Gasteiger partial charge in [-0.15, -0.1) is 0 Å². The van der Waals surface area contributed by atoms with E-state index in [2.05, 4.69) is 13.0 Å². The van der Waals surface area contributed by atoms with Gasteiger partial charge in [0.25, 0.3) is 0 Å². The molecule has 4 aliphatic rings. The zero-order chi connectivity index (χ0) is 13.9. The van der Waals surface area contributed by atoms with Crippen LogP contribution < -0.4 is 0 Å². The fourth-order valence-electron chi connectivity index (χ4n) is 4.65. The summed E-state index contributed by atoms with van der Waals surface area (Å²) in [5.41, 5.74) is 5.84. The van der Waals surface area contributed by atoms with Crippen molar-refractivity contribution in [3.63, 3.8) is 0 Å². The number of aromatic hydroxyl groups is 1. The Morgan fingerprint density at radius 3 is 2.50 bits per heavy atom. The number of benzene rings is 1. The number of rotatable bonds is 1. The second-order valence-electron chi connectivity index (χ2n) is 6.61. The van der Waals surface area contributed by atoms with E-state index in [1.165, 1.54) is 31.3 Å². The summed E-state index contributed by atoms with van der Waals surface area (Å²) in [6, 6.07) is 5.65. The van der Waals surface area contributed by atoms with E-state index in [0.717, 1.165) is 23.3 Å². The van der Waals surface area contributed by atoms with Gasteiger partial charge in [0, 0.05) is 0 Å². The highest BCUT2D eigenvalue weighted by atomic mass is 35.5. The van der Waals surface area contributed by atoms with Crippen LogP contribution in [0, 0.1) is 17.8 Å². The lowest BCUT2D eigenvalue weighted by molar-refractivity contribution is 0.246. The number of allylic oxidation sites excluding steroid dienone is 4. The molecular formula is C18H19ClO. The lowest BCUT2D eigenvalue weighted by Gasteiger charge is -2.47. The topological polar surface area (TPSA) is 20.2 Å². The standard InChI is InChI=1S/C18H19ClO/c1-10(13-2-3-16(19)17(20)9-13)18-14-5-11-4-12(7-14)8-15(18)6-11/h2-4,9,11,14-15,20H,5-8H2,1H3. The Balaban J connectivity index is 1.78. The summed E-state index contributed by atoms with van der Waals surface area (Å²) in [6.07, 6.45) is 7.71. The lowest BCUT2D eigenvalue weighted by atomic mass is 9.57. The van der Waals surface area contributed by atoms with E-state index in [1.807, 2.05) is 12.1 Å². The number of hydrogen-bond donors (Lipinski definition) is 1. The summed E-state index contributed by atoms with van der Waals surface area (Å²) in [7, 11) is 0. The molecular weight excluding hydrogens is 268 g/mol. The van der Waals surface area contributed by atoms with E-state index in [0.29, 0.717) is 5.02 Å². The predicted molar refractivity (Wildman–Crippen MR) is 82.7 cm³/mol. The largest absolute Gasteiger partial charge is 0.506 e. The van der Waals surface area contributed by atoms with Crippen LogP contribution in [0.2, 0.25) is 5.02 Å². The molecule has 1 aromatic rings. The molecule has 0 aliphatic heterocycles. The van der Waals surface area contributed by atoms with Gasteiger partial charge in [0.15, 0.2) is 0 Å². The van der Waals surface area contributed by atoms with Gasteiger partial charge in [0.1, 0.15) is 5.75 Å². The SMILES string of the molecule is CC(=C1C2CC3=CC(C2)CC1C3)c1ccc(Cl)c(O)c1. The zero-order valence-corrected chi connectivity index (χ0v) is 12.5. The van der Waals surface area contributed by atoms with E-state index in [-0.39, 0.29) is 5.75 Å². The summed E-state index contributed by atoms with van der Waals surface area (Å²) in [5.74, 6) is 2.50. The molecule has 2 atom stereocenters. The van der Waals surface area contributed by atoms with Crippen LogP contribution in [0.1, 0.15) is 38.2 Å². The van der Waals surface area contributed by atoms with Crippen molar-refractivity contribution in [3.8, 4) is 5.75 Å². The van der Waals surface area contributed by atoms with Gasteiger partial charge in [-0.25, -0.2) is 0 Å². The summed E-state index contributed by atoms with van der Waals surface area (Å²) in [5, 5.41) is 10.3. The van der Waals surface area contributed by atoms with Crippen LogP contribution in [-0.4, -0.2) is 5.11 Å². The maximum atomic E-state index is 9.84. The smallest absolute Gasteiger partial charge is 0.134 e. The van der Waals surface area contributed by atoms with Crippen molar-refractivity contribution >= 4 is 17.2 Å². The van der Waals surface area contributed by atoms with Gasteiger partial charge in [-0.05, 0) is 73.6 Å². The minimum Gasteiger partial charge on any atom is -0.506 e. The van der Waals surface area contributed by atoms with Crippen LogP contribution in [-0.2, 0) is 0 Å². The Kier molecular flexibility index (Phi) is 2.75. The fourth-order valence-corrected chi connectivity index (χ4v) is 4.77. The fraction of sp³-hybridized carbons (Fsp3) is 0.444. The summed E-state index contributed by atoms with van der Waals surface area (Å²) < 4.78 is 0. The molecule has 0 aromatic heterocycles. The third-order valence-corrected chi connectivity index (χ3v) is 5.67. The van der Waals surface area contributed by atoms with Crippen molar-refractivity contribution in [2.45, 2.75) is 32.6 Å². The molecule has 4 bridgehead atoms. The third kappa shape index (κ3) is 1.83. The molecule has 104 valence electrons. The highest BCUT2D eigenvalue weighted by Crippen LogP contribution is 2.55. The van der Waals surface area contributed by atoms with Gasteiger partial charge in [-0.3, -0.25) is 0 Å². The monoisotopic (exact) mass is 286 g/mol. The summed E-state index contributed by atoms with van der Waals surface area (Å²) >= 11 is 5.92. The molecule has 2 fully saturated rings. The zero-order valence-electron chi connectivity index (χ0n) is 11.7. The molecule has 0 amide bonds. The van der Waals surface area contributed by atoms with Crippen molar-refractivity contribution in [1.82, 2.24) is 0 Å². The highest BCUT2D eigenvalue weighted by Gasteiger charge is 2.41. The van der Waals surface area contributed by atoms with E-state index in [1.54, 1.807) is 17.2 Å². The Labute approximate surface area is 125 Å². The first-order valence-electron chi connectivity index (χ1n) is 7.51. The van der Waals surface area contributed by atoms with E-state index < -0.39 is 0 Å². The average Bonchev–Trinajstić information content (AvgIpc) is 2.40. The molecule has 1 nitrogen and oxygen atoms in total. The van der Waals surface area contributed by atoms with E-state index in [9.17, 15) is 5.11 Å². The first kappa shape index (κ1) is 12.5. The molecule has 1 aromatic carbocycles. The Morgan fingerprint density at radius 1 is 1.20 bits per heavy atom. The molecule has 5 rings (SSSR count). The van der Waals surface area contributed by atoms with Crippen molar-refractivity contribution in [3.05, 3.63) is 46.0 Å². The van der Waals surface area contributed by atoms with Gasteiger partial charge >= 0.3 is 0 Å². The second kappa shape index (κ2) is 4.39. The summed E-state index contributed by atoms with van der Waals surface area (Å²) in [6.45, 7) is 2.22. The van der Waals surface area contributed by atoms with Crippen LogP contribution in [0.5, 0.6) is 5.75 Å². The maximum absolute atomic E-state index is 9.84. The number of phenols is 1. The Morgan fingerprint density at radius 2 is 1.90 bits per heavy atom. The number of phenolic OH excluding ortho intramolecular Hbond substituents is 1. The Bertz CT molecular complexity index is 621. The molecule has 1 N–H and O–H groups in total. The quantitative estimate of drug-likeness (QED) is 0.704. The average molecular weight is 287 g/mol. The van der Waals surface area contributed by atoms with Crippen molar-refractivity contribution < 1.29 is 5.11 Å². The van der Waals surface area contributed by atoms with E-state index >= 15 is 0 Å². The molecule has 0 radical (unpaired) electrons. The van der Waals surface area contributed by atoms with Crippen LogP contribution in [0.25, 0.3) is 5.57 Å². The summed E-state index contributed by atoms with van der Waals surface area (Å²) in [4.78, 5) is 0. The van der Waals surface area contributed by atoms with Crippen LogP contribution in [0.3, 0.4) is 0 Å². The molecule has 0 spiro atoms. The molecule has 0 saturated heterocycles. The van der Waals surface area contributed by atoms with Crippen molar-refractivity contribution in [2.24, 2.45) is 17.8 Å². The predicted octanol–water partition coefficient (Wildman–Crippen LogP) is 5.20. The van der Waals surface area contributed by atoms with Gasteiger partial charge in [0.05, 0.1) is 5.02 Å². The van der Waals surface area contributed by atoms with Crippen LogP contribution in [0.15, 0.2) is 35.4 Å².